The van der Waals surface area contributed by atoms with Gasteiger partial charge in [0, 0.05) is 18.7 Å². The summed E-state index contributed by atoms with van der Waals surface area (Å²) in [5.41, 5.74) is 6.31. The van der Waals surface area contributed by atoms with Gasteiger partial charge in [-0.15, -0.1) is 11.8 Å². The Morgan fingerprint density at radius 1 is 1.05 bits per heavy atom. The molecule has 39 heavy (non-hydrogen) atoms. The molecule has 0 bridgehead atoms. The number of nitrogens with two attached hydrogens (primary N) is 1. The third-order valence-electron chi connectivity index (χ3n) is 6.16. The van der Waals surface area contributed by atoms with E-state index in [1.54, 1.807) is 13.8 Å². The number of nitrogens with one attached hydrogen (secondary N) is 5. The molecule has 13 heteroatoms. The SMILES string of the molecule is CC(C)C1NC(=O)C(Cc2ccccc2)NC(=O)CSC[C@H](NC=O)C(=O)NCCCCC(C(N)=O)NC1=O. The van der Waals surface area contributed by atoms with Gasteiger partial charge >= 0.3 is 0 Å². The molecule has 3 unspecified atom stereocenters. The Hall–Kier alpha value is -3.61. The van der Waals surface area contributed by atoms with Gasteiger partial charge in [-0.05, 0) is 30.7 Å². The Morgan fingerprint density at radius 3 is 2.41 bits per heavy atom. The van der Waals surface area contributed by atoms with E-state index in [2.05, 4.69) is 26.6 Å². The highest BCUT2D eigenvalue weighted by atomic mass is 32.2. The topological polar surface area (TPSA) is 189 Å². The minimum Gasteiger partial charge on any atom is -0.368 e. The molecule has 2 rings (SSSR count). The zero-order chi connectivity index (χ0) is 28.8. The van der Waals surface area contributed by atoms with Crippen LogP contribution in [-0.2, 0) is 35.2 Å². The maximum Gasteiger partial charge on any atom is 0.243 e. The van der Waals surface area contributed by atoms with Crippen molar-refractivity contribution in [1.29, 1.82) is 0 Å². The molecule has 1 heterocycles. The fraction of sp³-hybridized carbons (Fsp3) is 0.538. The van der Waals surface area contributed by atoms with Crippen LogP contribution in [-0.4, -0.2) is 78.2 Å². The number of hydrogen-bond acceptors (Lipinski definition) is 7. The third kappa shape index (κ3) is 11.0. The third-order valence-corrected chi connectivity index (χ3v) is 7.20. The van der Waals surface area contributed by atoms with Crippen LogP contribution in [0.5, 0.6) is 0 Å². The number of primary amides is 1. The second-order valence-corrected chi connectivity index (χ2v) is 10.7. The van der Waals surface area contributed by atoms with Crippen LogP contribution in [0.1, 0.15) is 38.7 Å². The summed E-state index contributed by atoms with van der Waals surface area (Å²) in [6.07, 6.45) is 1.82. The minimum absolute atomic E-state index is 0.0583. The zero-order valence-electron chi connectivity index (χ0n) is 22.2. The van der Waals surface area contributed by atoms with Crippen molar-refractivity contribution in [2.45, 2.75) is 63.7 Å². The van der Waals surface area contributed by atoms with Crippen LogP contribution in [0.2, 0.25) is 0 Å². The number of amides is 6. The quantitative estimate of drug-likeness (QED) is 0.239. The second kappa shape index (κ2) is 16.4. The molecule has 1 aromatic rings. The van der Waals surface area contributed by atoms with Crippen LogP contribution in [0.25, 0.3) is 0 Å². The summed E-state index contributed by atoms with van der Waals surface area (Å²) >= 11 is 1.14. The lowest BCUT2D eigenvalue weighted by Gasteiger charge is -2.27. The summed E-state index contributed by atoms with van der Waals surface area (Å²) in [4.78, 5) is 74.8. The molecule has 1 fully saturated rings. The highest BCUT2D eigenvalue weighted by molar-refractivity contribution is 8.00. The van der Waals surface area contributed by atoms with E-state index in [1.165, 1.54) is 0 Å². The van der Waals surface area contributed by atoms with Gasteiger partial charge in [0.15, 0.2) is 0 Å². The first-order chi connectivity index (χ1) is 18.6. The zero-order valence-corrected chi connectivity index (χ0v) is 23.1. The molecule has 1 aliphatic heterocycles. The Labute approximate surface area is 232 Å². The number of carbonyl (C=O) groups excluding carboxylic acids is 6. The maximum atomic E-state index is 13.4. The van der Waals surface area contributed by atoms with Gasteiger partial charge in [-0.2, -0.15) is 0 Å². The number of thioether (sulfide) groups is 1. The maximum absolute atomic E-state index is 13.4. The summed E-state index contributed by atoms with van der Waals surface area (Å²) in [7, 11) is 0. The summed E-state index contributed by atoms with van der Waals surface area (Å²) in [6, 6.07) is 5.32. The van der Waals surface area contributed by atoms with Crippen molar-refractivity contribution in [2.75, 3.05) is 18.1 Å². The summed E-state index contributed by atoms with van der Waals surface area (Å²) in [5.74, 6) is -2.92. The predicted molar refractivity (Wildman–Crippen MR) is 147 cm³/mol. The van der Waals surface area contributed by atoms with E-state index in [0.29, 0.717) is 19.3 Å². The molecule has 0 saturated carbocycles. The fourth-order valence-electron chi connectivity index (χ4n) is 3.99. The highest BCUT2D eigenvalue weighted by Crippen LogP contribution is 2.10. The largest absolute Gasteiger partial charge is 0.368 e. The van der Waals surface area contributed by atoms with E-state index in [0.717, 1.165) is 17.3 Å². The van der Waals surface area contributed by atoms with E-state index in [9.17, 15) is 28.8 Å². The van der Waals surface area contributed by atoms with Gasteiger partial charge in [0.25, 0.3) is 0 Å². The first-order valence-corrected chi connectivity index (χ1v) is 14.1. The molecule has 4 atom stereocenters. The van der Waals surface area contributed by atoms with E-state index in [-0.39, 0.29) is 36.8 Å². The van der Waals surface area contributed by atoms with Gasteiger partial charge in [0.2, 0.25) is 35.9 Å². The average molecular weight is 563 g/mol. The summed E-state index contributed by atoms with van der Waals surface area (Å²) in [5, 5.41) is 13.3. The molecule has 12 nitrogen and oxygen atoms in total. The van der Waals surface area contributed by atoms with E-state index >= 15 is 0 Å². The normalized spacial score (nSPS) is 24.6. The predicted octanol–water partition coefficient (Wildman–Crippen LogP) is -1.03. The molecule has 1 saturated heterocycles. The first kappa shape index (κ1) is 31.6. The van der Waals surface area contributed by atoms with Crippen LogP contribution in [0.4, 0.5) is 0 Å². The molecular weight excluding hydrogens is 524 g/mol. The lowest BCUT2D eigenvalue weighted by atomic mass is 10.00. The van der Waals surface area contributed by atoms with Gasteiger partial charge in [-0.25, -0.2) is 0 Å². The van der Waals surface area contributed by atoms with Crippen molar-refractivity contribution in [3.63, 3.8) is 0 Å². The van der Waals surface area contributed by atoms with Crippen LogP contribution in [0.3, 0.4) is 0 Å². The molecule has 0 radical (unpaired) electrons. The van der Waals surface area contributed by atoms with Crippen molar-refractivity contribution in [3.05, 3.63) is 35.9 Å². The molecule has 0 aromatic heterocycles. The van der Waals surface area contributed by atoms with Crippen molar-refractivity contribution >= 4 is 47.7 Å². The average Bonchev–Trinajstić information content (AvgIpc) is 2.89. The van der Waals surface area contributed by atoms with Gasteiger partial charge in [0.05, 0.1) is 5.75 Å². The number of carbonyl (C=O) groups is 6. The summed E-state index contributed by atoms with van der Waals surface area (Å²) in [6.45, 7) is 3.80. The molecule has 214 valence electrons. The second-order valence-electron chi connectivity index (χ2n) is 9.64. The van der Waals surface area contributed by atoms with Crippen molar-refractivity contribution < 1.29 is 28.8 Å². The Morgan fingerprint density at radius 2 is 1.77 bits per heavy atom. The van der Waals surface area contributed by atoms with Crippen molar-refractivity contribution in [1.82, 2.24) is 26.6 Å². The molecule has 1 aliphatic rings. The Bertz CT molecular complexity index is 1010. The Balaban J connectivity index is 2.30. The van der Waals surface area contributed by atoms with E-state index in [1.807, 2.05) is 30.3 Å². The van der Waals surface area contributed by atoms with E-state index in [4.69, 9.17) is 5.73 Å². The first-order valence-electron chi connectivity index (χ1n) is 12.9. The number of rotatable bonds is 6. The summed E-state index contributed by atoms with van der Waals surface area (Å²) < 4.78 is 0. The number of benzene rings is 1. The lowest BCUT2D eigenvalue weighted by molar-refractivity contribution is -0.134. The van der Waals surface area contributed by atoms with Crippen molar-refractivity contribution in [3.8, 4) is 0 Å². The van der Waals surface area contributed by atoms with Crippen LogP contribution >= 0.6 is 11.8 Å². The van der Waals surface area contributed by atoms with Crippen molar-refractivity contribution in [2.24, 2.45) is 11.7 Å². The fourth-order valence-corrected chi connectivity index (χ4v) is 4.86. The molecule has 6 amide bonds. The highest BCUT2D eigenvalue weighted by Gasteiger charge is 2.31. The van der Waals surface area contributed by atoms with Gasteiger partial charge in [-0.3, -0.25) is 28.8 Å². The molecule has 7 N–H and O–H groups in total. The molecular formula is C26H38N6O6S. The van der Waals surface area contributed by atoms with E-state index < -0.39 is 53.7 Å². The minimum atomic E-state index is -0.990. The Kier molecular flexibility index (Phi) is 13.3. The van der Waals surface area contributed by atoms with Gasteiger partial charge < -0.3 is 32.3 Å². The number of hydrogen-bond donors (Lipinski definition) is 6. The monoisotopic (exact) mass is 562 g/mol. The van der Waals surface area contributed by atoms with Crippen LogP contribution in [0, 0.1) is 5.92 Å². The standard InChI is InChI=1S/C26H38N6O6S/c1-16(2)22-26(38)31-18(23(27)35)10-6-7-11-28-24(36)20(29-15-33)13-39-14-21(34)30-19(25(37)32-22)12-17-8-4-3-5-9-17/h3-5,8-9,15-16,18-20,22H,6-7,10-14H2,1-2H3,(H2,27,35)(H,28,36)(H,29,33)(H,30,34)(H,31,38)(H,32,37)/t18?,19?,20-,22?/m0/s1. The van der Waals surface area contributed by atoms with Gasteiger partial charge in [-0.1, -0.05) is 44.2 Å². The molecule has 0 aliphatic carbocycles. The lowest BCUT2D eigenvalue weighted by Crippen LogP contribution is -2.58. The van der Waals surface area contributed by atoms with Gasteiger partial charge in [0.1, 0.15) is 24.2 Å². The molecule has 0 spiro atoms. The molecule has 1 aromatic carbocycles. The van der Waals surface area contributed by atoms with Crippen LogP contribution in [0.15, 0.2) is 30.3 Å². The smallest absolute Gasteiger partial charge is 0.243 e. The van der Waals surface area contributed by atoms with Crippen LogP contribution < -0.4 is 32.3 Å².